The number of ether oxygens (including phenoxy) is 1. The molecule has 12 nitrogen and oxygen atoms in total. The quantitative estimate of drug-likeness (QED) is 0.383. The SMILES string of the molecule is CC(C)(OCCc1cn2ncc(CN3CC(F)(F)CNC3=O)cc2n1)C(F)(F)F.CNC(=O)c1nonc1C1CC1. The van der Waals surface area contributed by atoms with Crippen molar-refractivity contribution in [3.05, 3.63) is 41.1 Å². The standard InChI is InChI=1S/C17H20F5N5O2.C7H9N3O2/c1-15(2,17(20,21)22)29-4-3-12-8-27-13(25-12)5-11(6-24-27)7-26-10-16(18,19)9-23-14(26)28;1-8-7(11)6-5(4-2-3-4)9-12-10-6/h5-6,8H,3-4,7,9-10H2,1-2H3,(H,23,28);4H,2-3H2,1H3,(H,8,11). The Morgan fingerprint density at radius 3 is 2.66 bits per heavy atom. The largest absolute Gasteiger partial charge is 0.416 e. The number of nitrogens with one attached hydrogen (secondary N) is 2. The summed E-state index contributed by atoms with van der Waals surface area (Å²) in [6.45, 7) is 0.240. The summed E-state index contributed by atoms with van der Waals surface area (Å²) in [7, 11) is 1.56. The molecule has 17 heteroatoms. The summed E-state index contributed by atoms with van der Waals surface area (Å²) in [5.74, 6) is -2.85. The molecule has 1 aliphatic heterocycles. The van der Waals surface area contributed by atoms with Crippen molar-refractivity contribution < 1.29 is 40.9 Å². The first-order valence-corrected chi connectivity index (χ1v) is 12.7. The highest BCUT2D eigenvalue weighted by molar-refractivity contribution is 5.93. The molecule has 224 valence electrons. The Morgan fingerprint density at radius 1 is 1.27 bits per heavy atom. The average molecular weight is 589 g/mol. The van der Waals surface area contributed by atoms with Gasteiger partial charge in [0.15, 0.2) is 16.9 Å². The van der Waals surface area contributed by atoms with Crippen LogP contribution >= 0.6 is 0 Å². The Bertz CT molecular complexity index is 1390. The van der Waals surface area contributed by atoms with Gasteiger partial charge in [-0.1, -0.05) is 5.16 Å². The van der Waals surface area contributed by atoms with Gasteiger partial charge >= 0.3 is 12.2 Å². The molecule has 0 radical (unpaired) electrons. The summed E-state index contributed by atoms with van der Waals surface area (Å²) >= 11 is 0. The van der Waals surface area contributed by atoms with Crippen molar-refractivity contribution in [3.63, 3.8) is 0 Å². The third-order valence-corrected chi connectivity index (χ3v) is 6.43. The fourth-order valence-corrected chi connectivity index (χ4v) is 3.83. The highest BCUT2D eigenvalue weighted by Gasteiger charge is 2.48. The zero-order valence-corrected chi connectivity index (χ0v) is 22.5. The van der Waals surface area contributed by atoms with Crippen LogP contribution in [0.4, 0.5) is 26.7 Å². The van der Waals surface area contributed by atoms with E-state index in [9.17, 15) is 31.5 Å². The molecule has 3 amide bonds. The van der Waals surface area contributed by atoms with Crippen molar-refractivity contribution in [1.82, 2.24) is 40.4 Å². The van der Waals surface area contributed by atoms with Gasteiger partial charge in [0.2, 0.25) is 0 Å². The van der Waals surface area contributed by atoms with Crippen molar-refractivity contribution in [2.45, 2.75) is 63.3 Å². The lowest BCUT2D eigenvalue weighted by Gasteiger charge is -2.32. The van der Waals surface area contributed by atoms with Gasteiger partial charge in [0.1, 0.15) is 5.69 Å². The number of rotatable bonds is 8. The van der Waals surface area contributed by atoms with Crippen LogP contribution in [0.15, 0.2) is 23.1 Å². The van der Waals surface area contributed by atoms with Crippen molar-refractivity contribution in [3.8, 4) is 0 Å². The van der Waals surface area contributed by atoms with E-state index in [4.69, 9.17) is 4.74 Å². The number of aromatic nitrogens is 5. The van der Waals surface area contributed by atoms with Gasteiger partial charge < -0.3 is 20.3 Å². The predicted molar refractivity (Wildman–Crippen MR) is 131 cm³/mol. The Hall–Kier alpha value is -3.89. The number of imidazole rings is 1. The van der Waals surface area contributed by atoms with Gasteiger partial charge in [-0.15, -0.1) is 0 Å². The lowest BCUT2D eigenvalue weighted by molar-refractivity contribution is -0.263. The minimum absolute atomic E-state index is 0.0734. The van der Waals surface area contributed by atoms with Crippen LogP contribution in [0.25, 0.3) is 5.65 Å². The Labute approximate surface area is 230 Å². The number of amides is 3. The molecule has 2 N–H and O–H groups in total. The van der Waals surface area contributed by atoms with Gasteiger partial charge in [-0.3, -0.25) is 4.79 Å². The molecule has 2 aliphatic rings. The number of carbonyl (C=O) groups excluding carboxylic acids is 2. The van der Waals surface area contributed by atoms with Gasteiger partial charge in [0, 0.05) is 25.9 Å². The van der Waals surface area contributed by atoms with E-state index in [2.05, 4.69) is 35.7 Å². The van der Waals surface area contributed by atoms with Crippen LogP contribution in [0.5, 0.6) is 0 Å². The van der Waals surface area contributed by atoms with Gasteiger partial charge in [-0.05, 0) is 43.5 Å². The molecule has 2 fully saturated rings. The first-order valence-electron chi connectivity index (χ1n) is 12.7. The number of nitrogens with zero attached hydrogens (tertiary/aromatic N) is 6. The number of halogens is 5. The number of urea groups is 1. The summed E-state index contributed by atoms with van der Waals surface area (Å²) < 4.78 is 76.3. The molecule has 4 heterocycles. The highest BCUT2D eigenvalue weighted by atomic mass is 19.4. The predicted octanol–water partition coefficient (Wildman–Crippen LogP) is 3.10. The van der Waals surface area contributed by atoms with Crippen molar-refractivity contribution in [2.24, 2.45) is 0 Å². The molecule has 0 aromatic carbocycles. The van der Waals surface area contributed by atoms with Crippen molar-refractivity contribution in [1.29, 1.82) is 0 Å². The Morgan fingerprint density at radius 2 is 2.00 bits per heavy atom. The van der Waals surface area contributed by atoms with Crippen LogP contribution in [0.3, 0.4) is 0 Å². The molecule has 1 aliphatic carbocycles. The van der Waals surface area contributed by atoms with E-state index in [0.29, 0.717) is 34.2 Å². The Kier molecular flexibility index (Phi) is 8.46. The molecule has 0 spiro atoms. The van der Waals surface area contributed by atoms with Crippen LogP contribution in [-0.4, -0.2) is 86.2 Å². The lowest BCUT2D eigenvalue weighted by Crippen LogP contribution is -2.56. The van der Waals surface area contributed by atoms with Crippen LogP contribution in [0, 0.1) is 0 Å². The van der Waals surface area contributed by atoms with Crippen molar-refractivity contribution in [2.75, 3.05) is 26.7 Å². The molecule has 0 bridgehead atoms. The first kappa shape index (κ1) is 30.1. The van der Waals surface area contributed by atoms with Gasteiger partial charge in [-0.25, -0.2) is 27.7 Å². The van der Waals surface area contributed by atoms with Gasteiger partial charge in [-0.2, -0.15) is 18.3 Å². The zero-order chi connectivity index (χ0) is 30.0. The molecule has 3 aromatic rings. The van der Waals surface area contributed by atoms with Gasteiger partial charge in [0.05, 0.1) is 37.8 Å². The molecule has 0 unspecified atom stereocenters. The summed E-state index contributed by atoms with van der Waals surface area (Å²) in [6, 6.07) is 0.987. The van der Waals surface area contributed by atoms with E-state index in [0.717, 1.165) is 31.6 Å². The molecule has 5 rings (SSSR count). The molecule has 1 saturated carbocycles. The second-order valence-corrected chi connectivity index (χ2v) is 10.2. The number of carbonyl (C=O) groups is 2. The highest BCUT2D eigenvalue weighted by Crippen LogP contribution is 2.40. The zero-order valence-electron chi connectivity index (χ0n) is 22.5. The number of hydrogen-bond donors (Lipinski definition) is 2. The summed E-state index contributed by atoms with van der Waals surface area (Å²) in [5.41, 5.74) is 0.118. The molecule has 1 saturated heterocycles. The summed E-state index contributed by atoms with van der Waals surface area (Å²) in [4.78, 5) is 28.2. The molecular formula is C24H29F5N8O4. The summed E-state index contributed by atoms with van der Waals surface area (Å²) in [5, 5.41) is 16.0. The monoisotopic (exact) mass is 588 g/mol. The molecule has 3 aromatic heterocycles. The van der Waals surface area contributed by atoms with E-state index >= 15 is 0 Å². The number of alkyl halides is 5. The topological polar surface area (TPSA) is 140 Å². The maximum absolute atomic E-state index is 13.5. The minimum atomic E-state index is -4.49. The molecule has 0 atom stereocenters. The fraction of sp³-hybridized carbons (Fsp3) is 0.583. The normalized spacial score (nSPS) is 17.2. The van der Waals surface area contributed by atoms with E-state index < -0.39 is 36.8 Å². The third kappa shape index (κ3) is 7.45. The second kappa shape index (κ2) is 11.5. The van der Waals surface area contributed by atoms with E-state index in [-0.39, 0.29) is 25.5 Å². The first-order chi connectivity index (χ1) is 19.2. The number of hydrogen-bond acceptors (Lipinski definition) is 8. The van der Waals surface area contributed by atoms with E-state index in [1.807, 2.05) is 0 Å². The maximum atomic E-state index is 13.5. The van der Waals surface area contributed by atoms with Crippen LogP contribution < -0.4 is 10.6 Å². The Balaban J connectivity index is 0.000000267. The fourth-order valence-electron chi connectivity index (χ4n) is 3.83. The minimum Gasteiger partial charge on any atom is -0.366 e. The average Bonchev–Trinajstić information content (AvgIpc) is 3.47. The smallest absolute Gasteiger partial charge is 0.366 e. The second-order valence-electron chi connectivity index (χ2n) is 10.2. The van der Waals surface area contributed by atoms with Crippen molar-refractivity contribution >= 4 is 17.6 Å². The third-order valence-electron chi connectivity index (χ3n) is 6.43. The molecule has 41 heavy (non-hydrogen) atoms. The van der Waals surface area contributed by atoms with Crippen LogP contribution in [0.1, 0.15) is 60.0 Å². The lowest BCUT2D eigenvalue weighted by atomic mass is 10.1. The maximum Gasteiger partial charge on any atom is 0.416 e. The summed E-state index contributed by atoms with van der Waals surface area (Å²) in [6.07, 6.45) is 0.780. The molecular weight excluding hydrogens is 559 g/mol. The van der Waals surface area contributed by atoms with Gasteiger partial charge in [0.25, 0.3) is 11.8 Å². The van der Waals surface area contributed by atoms with Crippen LogP contribution in [0.2, 0.25) is 0 Å². The van der Waals surface area contributed by atoms with Crippen LogP contribution in [-0.2, 0) is 17.7 Å². The number of fused-ring (bicyclic) bond motifs is 1. The van der Waals surface area contributed by atoms with E-state index in [1.54, 1.807) is 19.3 Å². The van der Waals surface area contributed by atoms with E-state index in [1.165, 1.54) is 10.7 Å².